The van der Waals surface area contributed by atoms with E-state index in [0.717, 1.165) is 44.5 Å². The molecule has 5 heteroatoms. The van der Waals surface area contributed by atoms with Gasteiger partial charge in [-0.2, -0.15) is 0 Å². The topological polar surface area (TPSA) is 40.5 Å². The molecule has 3 nitrogen and oxygen atoms in total. The van der Waals surface area contributed by atoms with Crippen molar-refractivity contribution in [3.63, 3.8) is 0 Å². The quantitative estimate of drug-likeness (QED) is 0.708. The zero-order valence-electron chi connectivity index (χ0n) is 15.3. The van der Waals surface area contributed by atoms with Crippen LogP contribution in [-0.2, 0) is 6.42 Å². The first-order chi connectivity index (χ1) is 13.0. The smallest absolute Gasteiger partial charge is 0.164 e. The van der Waals surface area contributed by atoms with Crippen molar-refractivity contribution in [1.82, 2.24) is 4.90 Å². The van der Waals surface area contributed by atoms with E-state index in [9.17, 15) is 14.3 Å². The molecule has 0 saturated carbocycles. The standard InChI is InChI=1S/C22H25ClFNO2/c23-20-15-18(24)8-9-19(20)21(26)7-4-12-25-13-10-22(27,11-14-25)16-17-5-2-1-3-6-17/h1-3,5-6,8-9,15,27H,4,7,10-14,16H2. The first-order valence-electron chi connectivity index (χ1n) is 9.42. The molecule has 1 N–H and O–H groups in total. The molecule has 1 fully saturated rings. The van der Waals surface area contributed by atoms with Crippen molar-refractivity contribution < 1.29 is 14.3 Å². The van der Waals surface area contributed by atoms with Gasteiger partial charge in [0, 0.05) is 31.5 Å². The van der Waals surface area contributed by atoms with Gasteiger partial charge in [0.25, 0.3) is 0 Å². The Bertz CT molecular complexity index is 773. The number of Topliss-reactive ketones (excluding diaryl/α,β-unsaturated/α-hetero) is 1. The van der Waals surface area contributed by atoms with E-state index in [1.807, 2.05) is 18.2 Å². The normalized spacial score (nSPS) is 17.0. The summed E-state index contributed by atoms with van der Waals surface area (Å²) in [6.45, 7) is 2.47. The molecule has 0 aromatic heterocycles. The van der Waals surface area contributed by atoms with Crippen molar-refractivity contribution in [2.75, 3.05) is 19.6 Å². The Morgan fingerprint density at radius 1 is 1.15 bits per heavy atom. The highest BCUT2D eigenvalue weighted by molar-refractivity contribution is 6.33. The Balaban J connectivity index is 1.42. The molecule has 1 saturated heterocycles. The van der Waals surface area contributed by atoms with Crippen LogP contribution in [-0.4, -0.2) is 41.0 Å². The molecule has 0 radical (unpaired) electrons. The molecule has 0 aliphatic carbocycles. The maximum Gasteiger partial charge on any atom is 0.164 e. The number of halogens is 2. The predicted octanol–water partition coefficient (Wildman–Crippen LogP) is 4.51. The summed E-state index contributed by atoms with van der Waals surface area (Å²) in [5.74, 6) is -0.495. The molecule has 144 valence electrons. The van der Waals surface area contributed by atoms with Crippen molar-refractivity contribution in [3.8, 4) is 0 Å². The molecule has 2 aromatic carbocycles. The lowest BCUT2D eigenvalue weighted by Gasteiger charge is -2.38. The van der Waals surface area contributed by atoms with Crippen LogP contribution in [0.1, 0.15) is 41.6 Å². The van der Waals surface area contributed by atoms with Gasteiger partial charge in [-0.3, -0.25) is 4.79 Å². The number of carbonyl (C=O) groups excluding carboxylic acids is 1. The Morgan fingerprint density at radius 3 is 2.52 bits per heavy atom. The average molecular weight is 390 g/mol. The summed E-state index contributed by atoms with van der Waals surface area (Å²) < 4.78 is 13.1. The molecule has 0 spiro atoms. The van der Waals surface area contributed by atoms with Crippen LogP contribution in [0.2, 0.25) is 5.02 Å². The lowest BCUT2D eigenvalue weighted by molar-refractivity contribution is -0.0207. The van der Waals surface area contributed by atoms with E-state index in [1.165, 1.54) is 18.2 Å². The fourth-order valence-corrected chi connectivity index (χ4v) is 3.93. The minimum absolute atomic E-state index is 0.0578. The molecule has 0 bridgehead atoms. The number of piperidine rings is 1. The Hall–Kier alpha value is -1.75. The number of likely N-dealkylation sites (tertiary alicyclic amines) is 1. The SMILES string of the molecule is O=C(CCCN1CCC(O)(Cc2ccccc2)CC1)c1ccc(F)cc1Cl. The highest BCUT2D eigenvalue weighted by Crippen LogP contribution is 2.27. The lowest BCUT2D eigenvalue weighted by Crippen LogP contribution is -2.45. The number of aliphatic hydroxyl groups is 1. The molecule has 1 aliphatic heterocycles. The van der Waals surface area contributed by atoms with Crippen LogP contribution in [0.3, 0.4) is 0 Å². The molecule has 3 rings (SSSR count). The monoisotopic (exact) mass is 389 g/mol. The summed E-state index contributed by atoms with van der Waals surface area (Å²) in [4.78, 5) is 14.6. The summed E-state index contributed by atoms with van der Waals surface area (Å²) in [6, 6.07) is 14.0. The van der Waals surface area contributed by atoms with Crippen molar-refractivity contribution in [2.45, 2.75) is 37.7 Å². The fourth-order valence-electron chi connectivity index (χ4n) is 3.66. The number of hydrogen-bond donors (Lipinski definition) is 1. The van der Waals surface area contributed by atoms with Crippen LogP contribution < -0.4 is 0 Å². The van der Waals surface area contributed by atoms with Gasteiger partial charge in [0.1, 0.15) is 5.82 Å². The number of hydrogen-bond acceptors (Lipinski definition) is 3. The minimum atomic E-state index is -0.644. The highest BCUT2D eigenvalue weighted by atomic mass is 35.5. The minimum Gasteiger partial charge on any atom is -0.389 e. The maximum absolute atomic E-state index is 13.1. The second-order valence-corrected chi connectivity index (χ2v) is 7.79. The van der Waals surface area contributed by atoms with Crippen molar-refractivity contribution >= 4 is 17.4 Å². The Morgan fingerprint density at radius 2 is 1.85 bits per heavy atom. The van der Waals surface area contributed by atoms with Gasteiger partial charge in [0.15, 0.2) is 5.78 Å². The zero-order chi connectivity index (χ0) is 19.3. The fraction of sp³-hybridized carbons (Fsp3) is 0.409. The number of benzene rings is 2. The van der Waals surface area contributed by atoms with Gasteiger partial charge in [0.2, 0.25) is 0 Å². The number of rotatable bonds is 7. The predicted molar refractivity (Wildman–Crippen MR) is 106 cm³/mol. The third kappa shape index (κ3) is 5.61. The maximum atomic E-state index is 13.1. The van der Waals surface area contributed by atoms with Crippen LogP contribution >= 0.6 is 11.6 Å². The van der Waals surface area contributed by atoms with Crippen LogP contribution in [0.15, 0.2) is 48.5 Å². The Kier molecular flexibility index (Phi) is 6.64. The molecule has 0 atom stereocenters. The first kappa shape index (κ1) is 20.0. The number of carbonyl (C=O) groups is 1. The highest BCUT2D eigenvalue weighted by Gasteiger charge is 2.32. The van der Waals surface area contributed by atoms with Crippen molar-refractivity contribution in [2.24, 2.45) is 0 Å². The van der Waals surface area contributed by atoms with E-state index in [2.05, 4.69) is 17.0 Å². The third-order valence-corrected chi connectivity index (χ3v) is 5.59. The molecular formula is C22H25ClFNO2. The van der Waals surface area contributed by atoms with Gasteiger partial charge in [-0.1, -0.05) is 41.9 Å². The van der Waals surface area contributed by atoms with Gasteiger partial charge in [0.05, 0.1) is 10.6 Å². The molecule has 0 amide bonds. The molecule has 1 aliphatic rings. The summed E-state index contributed by atoms with van der Waals surface area (Å²) in [5, 5.41) is 11.0. The first-order valence-corrected chi connectivity index (χ1v) is 9.80. The number of ketones is 1. The molecule has 2 aromatic rings. The second kappa shape index (κ2) is 8.96. The van der Waals surface area contributed by atoms with Gasteiger partial charge in [-0.25, -0.2) is 4.39 Å². The van der Waals surface area contributed by atoms with Gasteiger partial charge >= 0.3 is 0 Å². The van der Waals surface area contributed by atoms with E-state index in [0.29, 0.717) is 18.4 Å². The summed E-state index contributed by atoms with van der Waals surface area (Å²) >= 11 is 5.95. The molecule has 27 heavy (non-hydrogen) atoms. The van der Waals surface area contributed by atoms with E-state index < -0.39 is 11.4 Å². The van der Waals surface area contributed by atoms with Crippen LogP contribution in [0, 0.1) is 5.82 Å². The molecular weight excluding hydrogens is 365 g/mol. The van der Waals surface area contributed by atoms with Gasteiger partial charge < -0.3 is 10.0 Å². The van der Waals surface area contributed by atoms with E-state index in [1.54, 1.807) is 0 Å². The largest absolute Gasteiger partial charge is 0.389 e. The zero-order valence-corrected chi connectivity index (χ0v) is 16.1. The summed E-state index contributed by atoms with van der Waals surface area (Å²) in [7, 11) is 0. The van der Waals surface area contributed by atoms with Crippen molar-refractivity contribution in [1.29, 1.82) is 0 Å². The van der Waals surface area contributed by atoms with Crippen LogP contribution in [0.5, 0.6) is 0 Å². The molecule has 0 unspecified atom stereocenters. The van der Waals surface area contributed by atoms with Crippen LogP contribution in [0.4, 0.5) is 4.39 Å². The van der Waals surface area contributed by atoms with Crippen molar-refractivity contribution in [3.05, 3.63) is 70.5 Å². The summed E-state index contributed by atoms with van der Waals surface area (Å²) in [6.07, 6.45) is 3.27. The second-order valence-electron chi connectivity index (χ2n) is 7.38. The third-order valence-electron chi connectivity index (χ3n) is 5.27. The number of nitrogens with zero attached hydrogens (tertiary/aromatic N) is 1. The summed E-state index contributed by atoms with van der Waals surface area (Å²) in [5.41, 5.74) is 0.902. The Labute approximate surface area is 164 Å². The van der Waals surface area contributed by atoms with E-state index in [-0.39, 0.29) is 10.8 Å². The molecule has 1 heterocycles. The van der Waals surface area contributed by atoms with Gasteiger partial charge in [-0.15, -0.1) is 0 Å². The average Bonchev–Trinajstić information content (AvgIpc) is 2.64. The lowest BCUT2D eigenvalue weighted by atomic mass is 9.85. The van der Waals surface area contributed by atoms with E-state index >= 15 is 0 Å². The van der Waals surface area contributed by atoms with E-state index in [4.69, 9.17) is 11.6 Å². The van der Waals surface area contributed by atoms with Crippen LogP contribution in [0.25, 0.3) is 0 Å². The van der Waals surface area contributed by atoms with Gasteiger partial charge in [-0.05, 0) is 49.6 Å².